The van der Waals surface area contributed by atoms with Crippen LogP contribution in [0.25, 0.3) is 16.3 Å². The van der Waals surface area contributed by atoms with Crippen LogP contribution in [-0.4, -0.2) is 31.1 Å². The summed E-state index contributed by atoms with van der Waals surface area (Å²) in [6.07, 6.45) is 0.219. The Balaban J connectivity index is 1.47. The van der Waals surface area contributed by atoms with Crippen LogP contribution >= 0.6 is 11.3 Å². The highest BCUT2D eigenvalue weighted by Crippen LogP contribution is 2.24. The zero-order valence-electron chi connectivity index (χ0n) is 15.5. The Kier molecular flexibility index (Phi) is 4.94. The maximum atomic E-state index is 12.5. The molecule has 0 fully saturated rings. The van der Waals surface area contributed by atoms with Crippen molar-refractivity contribution in [3.8, 4) is 16.3 Å². The number of benzene rings is 2. The number of nitrogens with one attached hydrogen (secondary N) is 1. The van der Waals surface area contributed by atoms with Gasteiger partial charge in [0.25, 0.3) is 0 Å². The summed E-state index contributed by atoms with van der Waals surface area (Å²) in [5.41, 5.74) is 4.35. The van der Waals surface area contributed by atoms with Gasteiger partial charge in [-0.3, -0.25) is 4.79 Å². The second-order valence-corrected chi connectivity index (χ2v) is 7.23. The van der Waals surface area contributed by atoms with Gasteiger partial charge in [0.2, 0.25) is 5.91 Å². The summed E-state index contributed by atoms with van der Waals surface area (Å²) in [7, 11) is 0. The Morgan fingerprint density at radius 1 is 1.14 bits per heavy atom. The van der Waals surface area contributed by atoms with Gasteiger partial charge in [0.05, 0.1) is 17.8 Å². The average molecular weight is 390 g/mol. The number of tetrazole rings is 1. The lowest BCUT2D eigenvalue weighted by molar-refractivity contribution is -0.115. The quantitative estimate of drug-likeness (QED) is 0.563. The Morgan fingerprint density at radius 2 is 1.96 bits per heavy atom. The number of thiazole rings is 1. The first-order valence-electron chi connectivity index (χ1n) is 8.76. The molecule has 7 nitrogen and oxygen atoms in total. The SMILES string of the molecule is Cc1ccc(NC(=O)Cc2csc(-c3ccccc3)n2)cc1-n1nnnc1C. The summed E-state index contributed by atoms with van der Waals surface area (Å²) in [5.74, 6) is 0.565. The van der Waals surface area contributed by atoms with E-state index in [-0.39, 0.29) is 12.3 Å². The van der Waals surface area contributed by atoms with Gasteiger partial charge in [-0.05, 0) is 42.0 Å². The third-order valence-corrected chi connectivity index (χ3v) is 5.20. The fourth-order valence-electron chi connectivity index (χ4n) is 2.84. The molecule has 4 aromatic rings. The molecule has 0 saturated heterocycles. The Morgan fingerprint density at radius 3 is 2.71 bits per heavy atom. The minimum absolute atomic E-state index is 0.117. The van der Waals surface area contributed by atoms with Crippen molar-refractivity contribution in [2.45, 2.75) is 20.3 Å². The number of aromatic nitrogens is 5. The molecule has 1 amide bonds. The van der Waals surface area contributed by atoms with Gasteiger partial charge in [0.15, 0.2) is 5.82 Å². The van der Waals surface area contributed by atoms with Crippen LogP contribution in [-0.2, 0) is 11.2 Å². The Bertz CT molecular complexity index is 1120. The summed E-state index contributed by atoms with van der Waals surface area (Å²) in [5, 5.41) is 17.4. The molecule has 0 spiro atoms. The molecular formula is C20H18N6OS. The molecule has 4 rings (SSSR count). The molecule has 28 heavy (non-hydrogen) atoms. The number of hydrogen-bond acceptors (Lipinski definition) is 6. The molecule has 2 aromatic carbocycles. The van der Waals surface area contributed by atoms with Crippen LogP contribution in [0, 0.1) is 13.8 Å². The number of amides is 1. The largest absolute Gasteiger partial charge is 0.326 e. The highest BCUT2D eigenvalue weighted by atomic mass is 32.1. The molecule has 0 atom stereocenters. The minimum atomic E-state index is -0.117. The Labute approximate surface area is 166 Å². The third kappa shape index (κ3) is 3.81. The molecule has 0 unspecified atom stereocenters. The van der Waals surface area contributed by atoms with Gasteiger partial charge in [-0.25, -0.2) is 4.98 Å². The van der Waals surface area contributed by atoms with Crippen LogP contribution in [0.2, 0.25) is 0 Å². The van der Waals surface area contributed by atoms with Gasteiger partial charge in [-0.2, -0.15) is 4.68 Å². The molecule has 0 aliphatic rings. The molecule has 0 bridgehead atoms. The van der Waals surface area contributed by atoms with Crippen molar-refractivity contribution >= 4 is 22.9 Å². The molecule has 0 aliphatic heterocycles. The second kappa shape index (κ2) is 7.69. The van der Waals surface area contributed by atoms with E-state index in [0.717, 1.165) is 27.5 Å². The highest BCUT2D eigenvalue weighted by molar-refractivity contribution is 7.13. The summed E-state index contributed by atoms with van der Waals surface area (Å²) >= 11 is 1.54. The summed E-state index contributed by atoms with van der Waals surface area (Å²) in [4.78, 5) is 17.1. The van der Waals surface area contributed by atoms with Crippen LogP contribution in [0.3, 0.4) is 0 Å². The number of nitrogens with zero attached hydrogens (tertiary/aromatic N) is 5. The maximum absolute atomic E-state index is 12.5. The van der Waals surface area contributed by atoms with Crippen LogP contribution in [0.5, 0.6) is 0 Å². The molecular weight excluding hydrogens is 372 g/mol. The summed E-state index contributed by atoms with van der Waals surface area (Å²) < 4.78 is 1.65. The van der Waals surface area contributed by atoms with E-state index in [2.05, 4.69) is 25.8 Å². The van der Waals surface area contributed by atoms with Crippen LogP contribution in [0.4, 0.5) is 5.69 Å². The van der Waals surface area contributed by atoms with Crippen LogP contribution in [0.15, 0.2) is 53.9 Å². The van der Waals surface area contributed by atoms with Crippen molar-refractivity contribution in [3.05, 3.63) is 71.0 Å². The number of hydrogen-bond donors (Lipinski definition) is 1. The van der Waals surface area contributed by atoms with Gasteiger partial charge in [-0.1, -0.05) is 36.4 Å². The Hall–Kier alpha value is -3.39. The van der Waals surface area contributed by atoms with Gasteiger partial charge in [0, 0.05) is 16.6 Å². The predicted octanol–water partition coefficient (Wildman–Crippen LogP) is 3.58. The first-order chi connectivity index (χ1) is 13.6. The monoisotopic (exact) mass is 390 g/mol. The van der Waals surface area contributed by atoms with E-state index in [1.165, 1.54) is 11.3 Å². The lowest BCUT2D eigenvalue weighted by Gasteiger charge is -2.10. The lowest BCUT2D eigenvalue weighted by atomic mass is 10.1. The highest BCUT2D eigenvalue weighted by Gasteiger charge is 2.12. The van der Waals surface area contributed by atoms with E-state index in [0.29, 0.717) is 11.5 Å². The predicted molar refractivity (Wildman–Crippen MR) is 109 cm³/mol. The first-order valence-corrected chi connectivity index (χ1v) is 9.64. The molecule has 0 radical (unpaired) electrons. The van der Waals surface area contributed by atoms with Crippen molar-refractivity contribution in [2.75, 3.05) is 5.32 Å². The van der Waals surface area contributed by atoms with Crippen molar-refractivity contribution in [3.63, 3.8) is 0 Å². The number of anilines is 1. The van der Waals surface area contributed by atoms with Crippen molar-refractivity contribution < 1.29 is 4.79 Å². The van der Waals surface area contributed by atoms with Gasteiger partial charge < -0.3 is 5.32 Å². The average Bonchev–Trinajstić information content (AvgIpc) is 3.33. The zero-order valence-corrected chi connectivity index (χ0v) is 16.3. The van der Waals surface area contributed by atoms with Gasteiger partial charge >= 0.3 is 0 Å². The van der Waals surface area contributed by atoms with Crippen LogP contribution < -0.4 is 5.32 Å². The van der Waals surface area contributed by atoms with Crippen LogP contribution in [0.1, 0.15) is 17.1 Å². The summed E-state index contributed by atoms with van der Waals surface area (Å²) in [6.45, 7) is 3.81. The van der Waals surface area contributed by atoms with Crippen molar-refractivity contribution in [1.82, 2.24) is 25.2 Å². The molecule has 8 heteroatoms. The number of rotatable bonds is 5. The second-order valence-electron chi connectivity index (χ2n) is 6.37. The molecule has 2 heterocycles. The van der Waals surface area contributed by atoms with Gasteiger partial charge in [0.1, 0.15) is 5.01 Å². The van der Waals surface area contributed by atoms with Crippen molar-refractivity contribution in [1.29, 1.82) is 0 Å². The standard InChI is InChI=1S/C20H18N6OS/c1-13-8-9-16(10-18(13)26-14(2)23-24-25-26)21-19(27)11-17-12-28-20(22-17)15-6-4-3-5-7-15/h3-10,12H,11H2,1-2H3,(H,21,27). The number of carbonyl (C=O) groups excluding carboxylic acids is 1. The molecule has 0 aliphatic carbocycles. The number of carbonyl (C=O) groups is 1. The fourth-order valence-corrected chi connectivity index (χ4v) is 3.67. The van der Waals surface area contributed by atoms with E-state index in [9.17, 15) is 4.79 Å². The molecule has 1 N–H and O–H groups in total. The lowest BCUT2D eigenvalue weighted by Crippen LogP contribution is -2.15. The minimum Gasteiger partial charge on any atom is -0.326 e. The fraction of sp³-hybridized carbons (Fsp3) is 0.150. The van der Waals surface area contributed by atoms with Gasteiger partial charge in [-0.15, -0.1) is 16.4 Å². The van der Waals surface area contributed by atoms with E-state index in [1.807, 2.05) is 67.8 Å². The maximum Gasteiger partial charge on any atom is 0.230 e. The smallest absolute Gasteiger partial charge is 0.230 e. The summed E-state index contributed by atoms with van der Waals surface area (Å²) in [6, 6.07) is 15.6. The topological polar surface area (TPSA) is 85.6 Å². The van der Waals surface area contributed by atoms with E-state index >= 15 is 0 Å². The number of aryl methyl sites for hydroxylation is 2. The molecule has 140 valence electrons. The van der Waals surface area contributed by atoms with E-state index < -0.39 is 0 Å². The molecule has 2 aromatic heterocycles. The van der Waals surface area contributed by atoms with E-state index in [4.69, 9.17) is 0 Å². The molecule has 0 saturated carbocycles. The van der Waals surface area contributed by atoms with E-state index in [1.54, 1.807) is 4.68 Å². The first kappa shape index (κ1) is 18.0. The normalized spacial score (nSPS) is 10.8. The van der Waals surface area contributed by atoms with Crippen molar-refractivity contribution in [2.24, 2.45) is 0 Å². The third-order valence-electron chi connectivity index (χ3n) is 4.26. The zero-order chi connectivity index (χ0) is 19.5.